The van der Waals surface area contributed by atoms with Crippen LogP contribution in [0.4, 0.5) is 15.8 Å². The third-order valence-corrected chi connectivity index (χ3v) is 5.87. The van der Waals surface area contributed by atoms with Crippen molar-refractivity contribution >= 4 is 29.1 Å². The van der Waals surface area contributed by atoms with Gasteiger partial charge in [-0.1, -0.05) is 0 Å². The number of pyridine rings is 1. The van der Waals surface area contributed by atoms with Crippen molar-refractivity contribution in [2.45, 2.75) is 26.3 Å². The molecule has 3 heterocycles. The number of fused-ring (bicyclic) bond motifs is 1. The highest BCUT2D eigenvalue weighted by atomic mass is 19.1. The van der Waals surface area contributed by atoms with E-state index in [-0.39, 0.29) is 28.7 Å². The van der Waals surface area contributed by atoms with Crippen LogP contribution in [0.3, 0.4) is 0 Å². The number of hydrogen-bond acceptors (Lipinski definition) is 10. The molecule has 1 atom stereocenters. The highest BCUT2D eigenvalue weighted by Crippen LogP contribution is 2.42. The molecule has 44 heavy (non-hydrogen) atoms. The molecule has 0 aliphatic carbocycles. The van der Waals surface area contributed by atoms with Crippen LogP contribution in [0.2, 0.25) is 0 Å². The molecule has 0 amide bonds. The van der Waals surface area contributed by atoms with E-state index in [1.807, 2.05) is 0 Å². The Morgan fingerprint density at radius 2 is 1.84 bits per heavy atom. The third-order valence-electron chi connectivity index (χ3n) is 5.87. The molecule has 1 aliphatic rings. The summed E-state index contributed by atoms with van der Waals surface area (Å²) in [7, 11) is 1.47. The van der Waals surface area contributed by atoms with E-state index in [1.54, 1.807) is 36.4 Å². The minimum atomic E-state index is -0.938. The molecule has 0 bridgehead atoms. The monoisotopic (exact) mass is 610 g/mol. The molecule has 0 spiro atoms. The third kappa shape index (κ3) is 7.87. The van der Waals surface area contributed by atoms with E-state index in [2.05, 4.69) is 20.4 Å². The van der Waals surface area contributed by atoms with Crippen LogP contribution >= 0.6 is 0 Å². The van der Waals surface area contributed by atoms with Gasteiger partial charge >= 0.3 is 5.69 Å². The molecule has 0 saturated heterocycles. The van der Waals surface area contributed by atoms with Crippen LogP contribution in [0.5, 0.6) is 11.5 Å². The summed E-state index contributed by atoms with van der Waals surface area (Å²) in [5.41, 5.74) is 12.9. The molecule has 15 nitrogen and oxygen atoms in total. The van der Waals surface area contributed by atoms with Crippen molar-refractivity contribution in [3.63, 3.8) is 0 Å². The number of rotatable bonds is 7. The van der Waals surface area contributed by atoms with Gasteiger partial charge in [0.25, 0.3) is 11.9 Å². The maximum absolute atomic E-state index is 15.8. The van der Waals surface area contributed by atoms with Gasteiger partial charge < -0.3 is 36.5 Å². The molecule has 0 radical (unpaired) electrons. The van der Waals surface area contributed by atoms with Crippen LogP contribution in [-0.2, 0) is 16.0 Å². The summed E-state index contributed by atoms with van der Waals surface area (Å²) in [5, 5.41) is 30.1. The number of aromatic amines is 1. The number of carboxylic acid groups (broad SMARTS) is 2. The smallest absolute Gasteiger partial charge is 0.349 e. The summed E-state index contributed by atoms with van der Waals surface area (Å²) in [6.07, 6.45) is 1.87. The Morgan fingerprint density at radius 1 is 1.20 bits per heavy atom. The van der Waals surface area contributed by atoms with E-state index in [9.17, 15) is 4.79 Å². The molecule has 1 unspecified atom stereocenters. The fourth-order valence-electron chi connectivity index (χ4n) is 4.10. The number of benzene rings is 2. The van der Waals surface area contributed by atoms with Gasteiger partial charge in [0.2, 0.25) is 0 Å². The van der Waals surface area contributed by atoms with Gasteiger partial charge in [0.1, 0.15) is 17.7 Å². The summed E-state index contributed by atoms with van der Waals surface area (Å²) < 4.78 is 27.9. The minimum Gasteiger partial charge on any atom is -0.493 e. The molecule has 0 saturated carbocycles. The Morgan fingerprint density at radius 3 is 2.41 bits per heavy atom. The molecular formula is C28H31FN8O7. The number of aliphatic carboxylic acids is 2. The van der Waals surface area contributed by atoms with Crippen LogP contribution < -0.4 is 31.9 Å². The maximum atomic E-state index is 15.8. The van der Waals surface area contributed by atoms with Crippen LogP contribution in [0.15, 0.2) is 53.5 Å². The first kappa shape index (κ1) is 32.6. The Bertz CT molecular complexity index is 1700. The van der Waals surface area contributed by atoms with Crippen molar-refractivity contribution in [1.29, 1.82) is 5.41 Å². The van der Waals surface area contributed by atoms with E-state index < -0.39 is 29.5 Å². The van der Waals surface area contributed by atoms with Crippen molar-refractivity contribution in [1.82, 2.24) is 19.7 Å². The number of H-pyrrole nitrogens is 1. The van der Waals surface area contributed by atoms with E-state index in [0.29, 0.717) is 41.3 Å². The zero-order valence-electron chi connectivity index (χ0n) is 23.9. The Labute approximate surface area is 249 Å². The Kier molecular flexibility index (Phi) is 10.6. The zero-order valence-corrected chi connectivity index (χ0v) is 23.9. The predicted octanol–water partition coefficient (Wildman–Crippen LogP) is 2.29. The van der Waals surface area contributed by atoms with Crippen molar-refractivity contribution in [3.05, 3.63) is 87.5 Å². The molecule has 1 aliphatic heterocycles. The van der Waals surface area contributed by atoms with E-state index >= 15 is 4.39 Å². The normalized spacial score (nSPS) is 11.8. The topological polar surface area (TPSA) is 245 Å². The lowest BCUT2D eigenvalue weighted by Gasteiger charge is -2.21. The zero-order chi connectivity index (χ0) is 32.6. The molecule has 16 heteroatoms. The number of hydrogen-bond donors (Lipinski definition) is 7. The summed E-state index contributed by atoms with van der Waals surface area (Å²) >= 11 is 0. The van der Waals surface area contributed by atoms with Crippen LogP contribution in [0, 0.1) is 11.2 Å². The second-order valence-corrected chi connectivity index (χ2v) is 9.14. The van der Waals surface area contributed by atoms with Gasteiger partial charge in [0.15, 0.2) is 23.1 Å². The second-order valence-electron chi connectivity index (χ2n) is 9.14. The van der Waals surface area contributed by atoms with Gasteiger partial charge in [-0.15, -0.1) is 5.10 Å². The number of methoxy groups -OCH3 is 1. The largest absolute Gasteiger partial charge is 0.493 e. The number of nitrogens with zero attached hydrogens (tertiary/aromatic N) is 3. The van der Waals surface area contributed by atoms with Gasteiger partial charge in [-0.3, -0.25) is 20.0 Å². The number of anilines is 2. The lowest BCUT2D eigenvalue weighted by Crippen LogP contribution is -2.18. The maximum Gasteiger partial charge on any atom is 0.349 e. The predicted molar refractivity (Wildman–Crippen MR) is 158 cm³/mol. The molecule has 2 aromatic carbocycles. The van der Waals surface area contributed by atoms with Gasteiger partial charge in [-0.05, 0) is 42.5 Å². The molecule has 5 rings (SSSR count). The molecule has 232 valence electrons. The number of nitrogen functional groups attached to an aromatic ring is 2. The summed E-state index contributed by atoms with van der Waals surface area (Å²) in [4.78, 5) is 37.7. The van der Waals surface area contributed by atoms with Crippen LogP contribution in [-0.4, -0.2) is 61.5 Å². The number of ether oxygens (including phenoxy) is 2. The first-order chi connectivity index (χ1) is 20.8. The van der Waals surface area contributed by atoms with E-state index in [1.165, 1.54) is 19.4 Å². The fraction of sp³-hybridized carbons (Fsp3) is 0.214. The average molecular weight is 611 g/mol. The van der Waals surface area contributed by atoms with Crippen molar-refractivity contribution < 1.29 is 33.7 Å². The van der Waals surface area contributed by atoms with Gasteiger partial charge in [-0.25, -0.2) is 14.2 Å². The number of carboxylic acids is 2. The number of carbonyl (C=O) groups is 2. The highest BCUT2D eigenvalue weighted by molar-refractivity contribution is 5.95. The number of aromatic nitrogens is 4. The van der Waals surface area contributed by atoms with Gasteiger partial charge in [0.05, 0.1) is 19.4 Å². The standard InChI is InChI=1S/C24H23FN8O3.2C2H4O2/c1-35-17-11-15(18(25)14-8-10-36-20(14)17)19(30-13-6-4-12(5-7-13)21(27)28)22-31-24(34)33(32-22)23-16(26)3-2-9-29-23;2*1-2(3)4/h2-7,9,11,19,30H,8,10,26H2,1H3,(H3,27,28)(H,31,32,34);2*1H3,(H,3,4). The van der Waals surface area contributed by atoms with E-state index in [0.717, 1.165) is 18.5 Å². The first-order valence-electron chi connectivity index (χ1n) is 12.9. The summed E-state index contributed by atoms with van der Waals surface area (Å²) in [5.74, 6) is -1.23. The van der Waals surface area contributed by atoms with Gasteiger partial charge in [-0.2, -0.15) is 4.68 Å². The molecular weight excluding hydrogens is 579 g/mol. The van der Waals surface area contributed by atoms with Gasteiger partial charge in [0, 0.05) is 48.8 Å². The number of amidine groups is 1. The van der Waals surface area contributed by atoms with Crippen molar-refractivity contribution in [2.75, 3.05) is 24.8 Å². The van der Waals surface area contributed by atoms with Crippen LogP contribution in [0.25, 0.3) is 5.82 Å². The summed E-state index contributed by atoms with van der Waals surface area (Å²) in [6, 6.07) is 10.5. The van der Waals surface area contributed by atoms with Crippen molar-refractivity contribution in [3.8, 4) is 17.3 Å². The number of nitrogens with two attached hydrogens (primary N) is 2. The van der Waals surface area contributed by atoms with Crippen LogP contribution in [0.1, 0.15) is 42.4 Å². The Hall–Kier alpha value is -5.93. The summed E-state index contributed by atoms with van der Waals surface area (Å²) in [6.45, 7) is 2.50. The Balaban J connectivity index is 0.000000592. The van der Waals surface area contributed by atoms with E-state index in [4.69, 9.17) is 46.2 Å². The first-order valence-corrected chi connectivity index (χ1v) is 12.9. The lowest BCUT2D eigenvalue weighted by molar-refractivity contribution is -0.135. The fourth-order valence-corrected chi connectivity index (χ4v) is 4.10. The molecule has 0 fully saturated rings. The number of nitrogens with one attached hydrogen (secondary N) is 3. The quantitative estimate of drug-likeness (QED) is 0.118. The molecule has 9 N–H and O–H groups in total. The molecule has 2 aromatic heterocycles. The highest BCUT2D eigenvalue weighted by Gasteiger charge is 2.31. The lowest BCUT2D eigenvalue weighted by atomic mass is 9.99. The number of halogens is 1. The molecule has 4 aromatic rings. The SMILES string of the molecule is CC(=O)O.CC(=O)O.COc1cc(C(Nc2ccc(C(=N)N)cc2)c2nn(-c3ncccc3N)c(=O)[nH]2)c(F)c2c1OCC2. The van der Waals surface area contributed by atoms with Crippen molar-refractivity contribution in [2.24, 2.45) is 5.73 Å². The average Bonchev–Trinajstić information content (AvgIpc) is 3.60. The minimum absolute atomic E-state index is 0.0801. The second kappa shape index (κ2) is 14.3.